The molecule has 1 aromatic carbocycles. The van der Waals surface area contributed by atoms with Gasteiger partial charge in [0.1, 0.15) is 5.82 Å². The average molecular weight is 414 g/mol. The van der Waals surface area contributed by atoms with Crippen LogP contribution in [0.25, 0.3) is 0 Å². The van der Waals surface area contributed by atoms with Crippen molar-refractivity contribution in [2.45, 2.75) is 30.6 Å². The third-order valence-electron chi connectivity index (χ3n) is 4.48. The highest BCUT2D eigenvalue weighted by molar-refractivity contribution is 7.99. The second-order valence-corrected chi connectivity index (χ2v) is 7.69. The Balaban J connectivity index is 0.00000261. The highest BCUT2D eigenvalue weighted by Gasteiger charge is 2.22. The molecule has 0 aliphatic carbocycles. The van der Waals surface area contributed by atoms with E-state index in [9.17, 15) is 9.18 Å². The number of hydrogen-bond donors (Lipinski definition) is 2. The number of thioether (sulfide) groups is 1. The van der Waals surface area contributed by atoms with Crippen LogP contribution in [0.5, 0.6) is 0 Å². The maximum Gasteiger partial charge on any atom is 0.230 e. The number of benzene rings is 1. The van der Waals surface area contributed by atoms with Crippen molar-refractivity contribution in [2.24, 2.45) is 13.0 Å². The number of aryl methyl sites for hydroxylation is 1. The number of halogens is 2. The highest BCUT2D eigenvalue weighted by Crippen LogP contribution is 2.24. The summed E-state index contributed by atoms with van der Waals surface area (Å²) in [7, 11) is 1.80. The number of carbonyl (C=O) groups excluding carboxylic acids is 1. The molecule has 6 nitrogen and oxygen atoms in total. The van der Waals surface area contributed by atoms with Gasteiger partial charge in [-0.05, 0) is 50.2 Å². The van der Waals surface area contributed by atoms with Gasteiger partial charge in [0, 0.05) is 29.5 Å². The van der Waals surface area contributed by atoms with Crippen LogP contribution in [0, 0.1) is 11.7 Å². The van der Waals surface area contributed by atoms with Crippen LogP contribution >= 0.6 is 24.2 Å². The first kappa shape index (κ1) is 21.7. The molecule has 0 spiro atoms. The van der Waals surface area contributed by atoms with Gasteiger partial charge in [-0.15, -0.1) is 24.2 Å². The van der Waals surface area contributed by atoms with Crippen LogP contribution in [0.1, 0.15) is 31.5 Å². The van der Waals surface area contributed by atoms with Crippen LogP contribution in [0.4, 0.5) is 10.3 Å². The van der Waals surface area contributed by atoms with Crippen molar-refractivity contribution in [2.75, 3.05) is 24.2 Å². The van der Waals surface area contributed by atoms with E-state index in [0.29, 0.717) is 17.6 Å². The molecule has 27 heavy (non-hydrogen) atoms. The van der Waals surface area contributed by atoms with E-state index in [4.69, 9.17) is 0 Å². The molecule has 0 saturated carbocycles. The topological polar surface area (TPSA) is 71.8 Å². The normalized spacial score (nSPS) is 15.8. The smallest absolute Gasteiger partial charge is 0.230 e. The summed E-state index contributed by atoms with van der Waals surface area (Å²) in [5.41, 5.74) is 0. The van der Waals surface area contributed by atoms with Gasteiger partial charge < -0.3 is 5.32 Å². The summed E-state index contributed by atoms with van der Waals surface area (Å²) in [6.07, 6.45) is 2.03. The third-order valence-corrected chi connectivity index (χ3v) is 5.75. The fraction of sp³-hybridized carbons (Fsp3) is 0.500. The van der Waals surface area contributed by atoms with Crippen LogP contribution in [0.2, 0.25) is 0 Å². The average Bonchev–Trinajstić information content (AvgIpc) is 3.02. The summed E-state index contributed by atoms with van der Waals surface area (Å²) in [5.74, 6) is 1.69. The van der Waals surface area contributed by atoms with Gasteiger partial charge in [0.15, 0.2) is 5.82 Å². The molecule has 3 rings (SSSR count). The first-order chi connectivity index (χ1) is 12.5. The SMILES string of the molecule is CC(CSc1ccc(F)cc1)C(=O)Nc1nc(C2CCNCC2)nn1C.Cl. The third kappa shape index (κ3) is 5.92. The highest BCUT2D eigenvalue weighted by atomic mass is 35.5. The van der Waals surface area contributed by atoms with Gasteiger partial charge in [-0.25, -0.2) is 9.07 Å². The van der Waals surface area contributed by atoms with Crippen molar-refractivity contribution in [3.8, 4) is 0 Å². The predicted octanol–water partition coefficient (Wildman–Crippen LogP) is 3.21. The molecule has 1 fully saturated rings. The fourth-order valence-electron chi connectivity index (χ4n) is 2.83. The monoisotopic (exact) mass is 413 g/mol. The molecule has 1 aliphatic rings. The number of piperidine rings is 1. The standard InChI is InChI=1S/C18H24FN5OS.ClH/c1-12(11-26-15-5-3-14(19)4-6-15)17(25)22-18-21-16(23-24(18)2)13-7-9-20-10-8-13;/h3-6,12-13,20H,7-11H2,1-2H3,(H,21,22,23,25);1H. The minimum absolute atomic E-state index is 0. The maximum absolute atomic E-state index is 12.9. The predicted molar refractivity (Wildman–Crippen MR) is 108 cm³/mol. The van der Waals surface area contributed by atoms with Gasteiger partial charge in [0.05, 0.1) is 0 Å². The number of nitrogens with zero attached hydrogens (tertiary/aromatic N) is 3. The Morgan fingerprint density at radius 2 is 2.04 bits per heavy atom. The molecule has 0 radical (unpaired) electrons. The van der Waals surface area contributed by atoms with Crippen molar-refractivity contribution in [1.29, 1.82) is 0 Å². The quantitative estimate of drug-likeness (QED) is 0.711. The molecule has 1 atom stereocenters. The lowest BCUT2D eigenvalue weighted by Gasteiger charge is -2.19. The van der Waals surface area contributed by atoms with Crippen LogP contribution in [0.3, 0.4) is 0 Å². The molecule has 1 aromatic heterocycles. The zero-order valence-electron chi connectivity index (χ0n) is 15.4. The van der Waals surface area contributed by atoms with Crippen molar-refractivity contribution in [3.63, 3.8) is 0 Å². The molecule has 148 valence electrons. The zero-order chi connectivity index (χ0) is 18.5. The summed E-state index contributed by atoms with van der Waals surface area (Å²) in [6, 6.07) is 6.29. The largest absolute Gasteiger partial charge is 0.317 e. The summed E-state index contributed by atoms with van der Waals surface area (Å²) in [6.45, 7) is 3.82. The van der Waals surface area contributed by atoms with Crippen LogP contribution in [0.15, 0.2) is 29.2 Å². The Kier molecular flexibility index (Phi) is 8.07. The molecule has 1 aliphatic heterocycles. The van der Waals surface area contributed by atoms with Crippen LogP contribution < -0.4 is 10.6 Å². The molecule has 2 heterocycles. The van der Waals surface area contributed by atoms with E-state index >= 15 is 0 Å². The lowest BCUT2D eigenvalue weighted by Crippen LogP contribution is -2.27. The molecule has 1 saturated heterocycles. The molecular formula is C18H25ClFN5OS. The number of amides is 1. The zero-order valence-corrected chi connectivity index (χ0v) is 17.1. The second-order valence-electron chi connectivity index (χ2n) is 6.60. The molecule has 0 bridgehead atoms. The number of anilines is 1. The van der Waals surface area contributed by atoms with E-state index in [-0.39, 0.29) is 30.0 Å². The van der Waals surface area contributed by atoms with Gasteiger partial charge in [-0.1, -0.05) is 6.92 Å². The summed E-state index contributed by atoms with van der Waals surface area (Å²) < 4.78 is 14.6. The molecule has 1 amide bonds. The maximum atomic E-state index is 12.9. The Morgan fingerprint density at radius 1 is 1.37 bits per heavy atom. The van der Waals surface area contributed by atoms with E-state index < -0.39 is 0 Å². The Labute approximate surface area is 169 Å². The van der Waals surface area contributed by atoms with Crippen LogP contribution in [-0.4, -0.2) is 39.5 Å². The lowest BCUT2D eigenvalue weighted by molar-refractivity contribution is -0.118. The van der Waals surface area contributed by atoms with Crippen molar-refractivity contribution in [3.05, 3.63) is 35.9 Å². The number of hydrogen-bond acceptors (Lipinski definition) is 5. The second kappa shape index (κ2) is 10.1. The minimum atomic E-state index is -0.257. The van der Waals surface area contributed by atoms with Gasteiger partial charge >= 0.3 is 0 Å². The number of aromatic nitrogens is 3. The molecule has 9 heteroatoms. The Hall–Kier alpha value is -1.64. The van der Waals surface area contributed by atoms with E-state index in [0.717, 1.165) is 36.7 Å². The lowest BCUT2D eigenvalue weighted by atomic mass is 9.98. The molecule has 2 aromatic rings. The van der Waals surface area contributed by atoms with Gasteiger partial charge in [-0.3, -0.25) is 10.1 Å². The van der Waals surface area contributed by atoms with Crippen molar-refractivity contribution < 1.29 is 9.18 Å². The first-order valence-corrected chi connectivity index (χ1v) is 9.82. The van der Waals surface area contributed by atoms with E-state index in [2.05, 4.69) is 20.7 Å². The summed E-state index contributed by atoms with van der Waals surface area (Å²) in [5, 5.41) is 10.7. The van der Waals surface area contributed by atoms with Crippen molar-refractivity contribution >= 4 is 36.0 Å². The van der Waals surface area contributed by atoms with E-state index in [1.165, 1.54) is 23.9 Å². The minimum Gasteiger partial charge on any atom is -0.317 e. The molecular weight excluding hydrogens is 389 g/mol. The Morgan fingerprint density at radius 3 is 2.70 bits per heavy atom. The number of nitrogens with one attached hydrogen (secondary N) is 2. The number of carbonyl (C=O) groups is 1. The number of rotatable bonds is 6. The van der Waals surface area contributed by atoms with E-state index in [1.54, 1.807) is 23.9 Å². The van der Waals surface area contributed by atoms with E-state index in [1.807, 2.05) is 6.92 Å². The summed E-state index contributed by atoms with van der Waals surface area (Å²) in [4.78, 5) is 17.9. The van der Waals surface area contributed by atoms with Gasteiger partial charge in [-0.2, -0.15) is 10.1 Å². The van der Waals surface area contributed by atoms with Crippen molar-refractivity contribution in [1.82, 2.24) is 20.1 Å². The van der Waals surface area contributed by atoms with Crippen LogP contribution in [-0.2, 0) is 11.8 Å². The molecule has 1 unspecified atom stereocenters. The van der Waals surface area contributed by atoms with Gasteiger partial charge in [0.25, 0.3) is 0 Å². The first-order valence-electron chi connectivity index (χ1n) is 8.84. The van der Waals surface area contributed by atoms with Gasteiger partial charge in [0.2, 0.25) is 11.9 Å². The Bertz CT molecular complexity index is 749. The fourth-order valence-corrected chi connectivity index (χ4v) is 3.75. The molecule has 2 N–H and O–H groups in total. The summed E-state index contributed by atoms with van der Waals surface area (Å²) >= 11 is 1.53.